The van der Waals surface area contributed by atoms with Crippen LogP contribution in [0.1, 0.15) is 143 Å². The molecule has 1 aromatic carbocycles. The van der Waals surface area contributed by atoms with Crippen molar-refractivity contribution >= 4 is 0 Å². The Morgan fingerprint density at radius 3 is 1.34 bits per heavy atom. The van der Waals surface area contributed by atoms with Crippen molar-refractivity contribution in [3.63, 3.8) is 0 Å². The van der Waals surface area contributed by atoms with E-state index in [1.807, 2.05) is 0 Å². The van der Waals surface area contributed by atoms with Crippen molar-refractivity contribution in [2.24, 2.45) is 0 Å². The third-order valence-electron chi connectivity index (χ3n) is 8.58. The molecule has 2 rings (SSSR count). The summed E-state index contributed by atoms with van der Waals surface area (Å²) in [5.74, 6) is 1.76. The molecule has 5 nitrogen and oxygen atoms in total. The molecule has 0 radical (unpaired) electrons. The lowest BCUT2D eigenvalue weighted by Gasteiger charge is -2.33. The first kappa shape index (κ1) is 35.9. The van der Waals surface area contributed by atoms with E-state index in [1.165, 1.54) is 89.9 Å². The molecule has 2 atom stereocenters. The van der Waals surface area contributed by atoms with Crippen molar-refractivity contribution < 1.29 is 14.2 Å². The van der Waals surface area contributed by atoms with Crippen molar-refractivity contribution in [2.75, 3.05) is 39.4 Å². The molecule has 41 heavy (non-hydrogen) atoms. The fourth-order valence-corrected chi connectivity index (χ4v) is 5.95. The molecule has 0 spiro atoms. The van der Waals surface area contributed by atoms with Gasteiger partial charge in [-0.2, -0.15) is 0 Å². The first-order valence-corrected chi connectivity index (χ1v) is 17.7. The molecule has 0 fully saturated rings. The fourth-order valence-electron chi connectivity index (χ4n) is 5.95. The zero-order chi connectivity index (χ0) is 29.4. The summed E-state index contributed by atoms with van der Waals surface area (Å²) in [6.07, 6.45) is 22.7. The minimum Gasteiger partial charge on any atom is -0.471 e. The number of ether oxygens (including phenoxy) is 3. The molecule has 1 heterocycles. The van der Waals surface area contributed by atoms with Gasteiger partial charge in [-0.25, -0.2) is 0 Å². The number of rotatable bonds is 20. The highest BCUT2D eigenvalue weighted by Crippen LogP contribution is 2.31. The molecular formula is C36H66N2O3. The third-order valence-corrected chi connectivity index (χ3v) is 8.58. The van der Waals surface area contributed by atoms with Crippen molar-refractivity contribution in [1.29, 1.82) is 0 Å². The Balaban J connectivity index is 2.03. The Morgan fingerprint density at radius 2 is 0.951 bits per heavy atom. The Hall–Kier alpha value is -1.30. The average molecular weight is 575 g/mol. The van der Waals surface area contributed by atoms with Gasteiger partial charge in [0, 0.05) is 39.1 Å². The second-order valence-corrected chi connectivity index (χ2v) is 12.0. The zero-order valence-corrected chi connectivity index (χ0v) is 27.6. The van der Waals surface area contributed by atoms with E-state index < -0.39 is 0 Å². The molecule has 5 heteroatoms. The first-order chi connectivity index (χ1) is 20.2. The van der Waals surface area contributed by atoms with Gasteiger partial charge in [-0.05, 0) is 50.9 Å². The number of fused-ring (bicyclic) bond motifs is 1. The number of para-hydroxylation sites is 2. The van der Waals surface area contributed by atoms with E-state index in [0.29, 0.717) is 0 Å². The highest BCUT2D eigenvalue weighted by Gasteiger charge is 2.24. The Bertz CT molecular complexity index is 672. The van der Waals surface area contributed by atoms with E-state index in [-0.39, 0.29) is 12.5 Å². The van der Waals surface area contributed by atoms with Crippen LogP contribution < -0.4 is 9.47 Å². The van der Waals surface area contributed by atoms with E-state index in [2.05, 4.69) is 61.8 Å². The van der Waals surface area contributed by atoms with Gasteiger partial charge in [-0.1, -0.05) is 117 Å². The van der Waals surface area contributed by atoms with Gasteiger partial charge in [0.25, 0.3) is 0 Å². The van der Waals surface area contributed by atoms with Crippen LogP contribution in [-0.2, 0) is 4.74 Å². The maximum absolute atomic E-state index is 6.81. The summed E-state index contributed by atoms with van der Waals surface area (Å²) >= 11 is 0. The number of unbranched alkanes of at least 4 members (excludes halogenated alkanes) is 12. The summed E-state index contributed by atoms with van der Waals surface area (Å²) in [4.78, 5) is 5.05. The number of nitrogens with zero attached hydrogens (tertiary/aromatic N) is 2. The highest BCUT2D eigenvalue weighted by molar-refractivity contribution is 5.39. The largest absolute Gasteiger partial charge is 0.471 e. The molecule has 1 aliphatic rings. The zero-order valence-electron chi connectivity index (χ0n) is 27.6. The third kappa shape index (κ3) is 15.7. The van der Waals surface area contributed by atoms with Crippen LogP contribution in [0.25, 0.3) is 0 Å². The van der Waals surface area contributed by atoms with E-state index in [0.717, 1.165) is 76.6 Å². The van der Waals surface area contributed by atoms with Gasteiger partial charge in [0.2, 0.25) is 0 Å². The minimum absolute atomic E-state index is 0.0441. The molecule has 0 amide bonds. The van der Waals surface area contributed by atoms with Gasteiger partial charge in [-0.15, -0.1) is 0 Å². The van der Waals surface area contributed by atoms with Crippen LogP contribution in [0, 0.1) is 0 Å². The standard InChI is InChI=1S/C36H66N2O3/c1-5-9-11-13-15-17-21-29-37(7-3)35-27-23-31-39-32-24-28-36(41-34-26-20-19-25-33(34)40-35)38(8-4)30-22-18-16-14-12-10-6-2/h19-20,25-26,35-36H,5-18,21-24,27-32H2,1-4H3. The normalized spacial score (nSPS) is 18.7. The predicted molar refractivity (Wildman–Crippen MR) is 175 cm³/mol. The van der Waals surface area contributed by atoms with Crippen molar-refractivity contribution in [3.8, 4) is 11.5 Å². The smallest absolute Gasteiger partial charge is 0.163 e. The molecule has 0 N–H and O–H groups in total. The van der Waals surface area contributed by atoms with E-state index >= 15 is 0 Å². The number of benzene rings is 1. The molecule has 0 saturated heterocycles. The van der Waals surface area contributed by atoms with Crippen molar-refractivity contribution in [3.05, 3.63) is 24.3 Å². The highest BCUT2D eigenvalue weighted by atomic mass is 16.5. The molecule has 0 saturated carbocycles. The number of hydrogen-bond acceptors (Lipinski definition) is 5. The van der Waals surface area contributed by atoms with Gasteiger partial charge in [-0.3, -0.25) is 9.80 Å². The summed E-state index contributed by atoms with van der Waals surface area (Å²) < 4.78 is 19.7. The fraction of sp³-hybridized carbons (Fsp3) is 0.833. The van der Waals surface area contributed by atoms with E-state index in [9.17, 15) is 0 Å². The Kier molecular flexibility index (Phi) is 21.2. The minimum atomic E-state index is 0.0441. The maximum atomic E-state index is 6.81. The molecule has 1 aliphatic heterocycles. The molecule has 0 aromatic heterocycles. The van der Waals surface area contributed by atoms with Crippen molar-refractivity contribution in [2.45, 2.75) is 156 Å². The van der Waals surface area contributed by atoms with Crippen LogP contribution in [0.2, 0.25) is 0 Å². The van der Waals surface area contributed by atoms with Gasteiger partial charge < -0.3 is 14.2 Å². The van der Waals surface area contributed by atoms with Gasteiger partial charge in [0.05, 0.1) is 0 Å². The van der Waals surface area contributed by atoms with Crippen molar-refractivity contribution in [1.82, 2.24) is 9.80 Å². The van der Waals surface area contributed by atoms with Gasteiger partial charge >= 0.3 is 0 Å². The molecular weight excluding hydrogens is 508 g/mol. The lowest BCUT2D eigenvalue weighted by atomic mass is 10.1. The lowest BCUT2D eigenvalue weighted by molar-refractivity contribution is 0.00123. The predicted octanol–water partition coefficient (Wildman–Crippen LogP) is 9.83. The Labute approximate surface area is 254 Å². The monoisotopic (exact) mass is 575 g/mol. The van der Waals surface area contributed by atoms with Gasteiger partial charge in [0.1, 0.15) is 0 Å². The topological polar surface area (TPSA) is 34.2 Å². The summed E-state index contributed by atoms with van der Waals surface area (Å²) in [6, 6.07) is 8.36. The van der Waals surface area contributed by atoms with Gasteiger partial charge in [0.15, 0.2) is 24.0 Å². The van der Waals surface area contributed by atoms with Crippen LogP contribution in [0.5, 0.6) is 11.5 Å². The number of hydrogen-bond donors (Lipinski definition) is 0. The summed E-state index contributed by atoms with van der Waals surface area (Å²) in [7, 11) is 0. The maximum Gasteiger partial charge on any atom is 0.163 e. The second kappa shape index (κ2) is 24.2. The molecule has 0 aliphatic carbocycles. The molecule has 238 valence electrons. The molecule has 0 bridgehead atoms. The second-order valence-electron chi connectivity index (χ2n) is 12.0. The molecule has 2 unspecified atom stereocenters. The quantitative estimate of drug-likeness (QED) is 0.145. The first-order valence-electron chi connectivity index (χ1n) is 17.7. The summed E-state index contributed by atoms with van der Waals surface area (Å²) in [5.41, 5.74) is 0. The van der Waals surface area contributed by atoms with E-state index in [1.54, 1.807) is 0 Å². The van der Waals surface area contributed by atoms with Crippen LogP contribution in [0.15, 0.2) is 24.3 Å². The van der Waals surface area contributed by atoms with Crippen LogP contribution in [-0.4, -0.2) is 61.6 Å². The van der Waals surface area contributed by atoms with Crippen LogP contribution >= 0.6 is 0 Å². The lowest BCUT2D eigenvalue weighted by Crippen LogP contribution is -2.41. The average Bonchev–Trinajstić information content (AvgIpc) is 3.01. The summed E-state index contributed by atoms with van der Waals surface area (Å²) in [5, 5.41) is 0. The summed E-state index contributed by atoms with van der Waals surface area (Å²) in [6.45, 7) is 14.9. The van der Waals surface area contributed by atoms with Crippen LogP contribution in [0.4, 0.5) is 0 Å². The molecule has 1 aromatic rings. The van der Waals surface area contributed by atoms with Crippen LogP contribution in [0.3, 0.4) is 0 Å². The van der Waals surface area contributed by atoms with E-state index in [4.69, 9.17) is 14.2 Å². The SMILES string of the molecule is CCCCCCCCCN(CC)C1CCCOCCCC(N(CC)CCCCCCCCC)Oc2ccccc2O1. The Morgan fingerprint density at radius 1 is 0.561 bits per heavy atom.